The molecule has 2 aliphatic carbocycles. The predicted molar refractivity (Wildman–Crippen MR) is 65.1 cm³/mol. The van der Waals surface area contributed by atoms with Gasteiger partial charge in [0.05, 0.1) is 5.92 Å². The highest BCUT2D eigenvalue weighted by Crippen LogP contribution is 2.48. The molecule has 1 amide bonds. The number of hydrogen-bond acceptors (Lipinski definition) is 3. The third-order valence-electron chi connectivity index (χ3n) is 3.88. The summed E-state index contributed by atoms with van der Waals surface area (Å²) < 4.78 is 5.19. The number of carbonyl (C=O) groups is 2. The van der Waals surface area contributed by atoms with Gasteiger partial charge in [-0.15, -0.1) is 0 Å². The number of nitrogens with one attached hydrogen (secondary N) is 1. The standard InChI is InChI=1S/C13H21NO4/c1-13(2,3)18-12(17)14-10-8-5-4-7(6-8)9(10)11(15)16/h7-10H,4-6H2,1-3H3,(H,14,17)(H,15,16)/t7-,8+,9+,10-/m1/s1. The van der Waals surface area contributed by atoms with Crippen LogP contribution >= 0.6 is 0 Å². The number of hydrogen-bond donors (Lipinski definition) is 2. The highest BCUT2D eigenvalue weighted by Gasteiger charge is 2.51. The number of carboxylic acids is 1. The van der Waals surface area contributed by atoms with E-state index < -0.39 is 23.6 Å². The average Bonchev–Trinajstić information content (AvgIpc) is 2.73. The molecule has 0 radical (unpaired) electrons. The van der Waals surface area contributed by atoms with E-state index in [0.29, 0.717) is 5.92 Å². The second kappa shape index (κ2) is 4.44. The zero-order valence-electron chi connectivity index (χ0n) is 11.1. The molecular weight excluding hydrogens is 234 g/mol. The van der Waals surface area contributed by atoms with Crippen LogP contribution in [0.15, 0.2) is 0 Å². The first-order valence-corrected chi connectivity index (χ1v) is 6.50. The van der Waals surface area contributed by atoms with Crippen molar-refractivity contribution < 1.29 is 19.4 Å². The SMILES string of the molecule is CC(C)(C)OC(=O)N[C@@H]1[C@H]2CC[C@H](C2)[C@@H]1C(=O)O. The minimum Gasteiger partial charge on any atom is -0.481 e. The molecule has 0 aromatic heterocycles. The molecule has 0 unspecified atom stereocenters. The third-order valence-corrected chi connectivity index (χ3v) is 3.88. The Labute approximate surface area is 107 Å². The summed E-state index contributed by atoms with van der Waals surface area (Å²) in [5.74, 6) is -0.740. The molecule has 0 aliphatic heterocycles. The van der Waals surface area contributed by atoms with Crippen molar-refractivity contribution in [2.75, 3.05) is 0 Å². The van der Waals surface area contributed by atoms with Crippen LogP contribution in [0.25, 0.3) is 0 Å². The van der Waals surface area contributed by atoms with Crippen molar-refractivity contribution in [3.8, 4) is 0 Å². The second-order valence-corrected chi connectivity index (χ2v) is 6.37. The summed E-state index contributed by atoms with van der Waals surface area (Å²) in [4.78, 5) is 23.0. The molecule has 18 heavy (non-hydrogen) atoms. The van der Waals surface area contributed by atoms with Crippen molar-refractivity contribution in [3.05, 3.63) is 0 Å². The molecule has 2 saturated carbocycles. The summed E-state index contributed by atoms with van der Waals surface area (Å²) in [5.41, 5.74) is -0.555. The van der Waals surface area contributed by atoms with Crippen molar-refractivity contribution in [3.63, 3.8) is 0 Å². The first-order valence-electron chi connectivity index (χ1n) is 6.50. The molecule has 2 rings (SSSR count). The molecule has 2 aliphatic rings. The topological polar surface area (TPSA) is 75.6 Å². The van der Waals surface area contributed by atoms with Crippen LogP contribution in [0.5, 0.6) is 0 Å². The average molecular weight is 255 g/mol. The van der Waals surface area contributed by atoms with E-state index in [1.807, 2.05) is 0 Å². The number of fused-ring (bicyclic) bond motifs is 2. The van der Waals surface area contributed by atoms with E-state index in [0.717, 1.165) is 19.3 Å². The molecule has 5 heteroatoms. The second-order valence-electron chi connectivity index (χ2n) is 6.37. The minimum absolute atomic E-state index is 0.215. The molecule has 0 heterocycles. The van der Waals surface area contributed by atoms with E-state index in [1.165, 1.54) is 0 Å². The van der Waals surface area contributed by atoms with Gasteiger partial charge in [0.25, 0.3) is 0 Å². The molecule has 0 spiro atoms. The maximum Gasteiger partial charge on any atom is 0.407 e. The van der Waals surface area contributed by atoms with E-state index in [4.69, 9.17) is 4.74 Å². The van der Waals surface area contributed by atoms with Crippen molar-refractivity contribution >= 4 is 12.1 Å². The number of carboxylic acid groups (broad SMARTS) is 1. The lowest BCUT2D eigenvalue weighted by atomic mass is 9.84. The van der Waals surface area contributed by atoms with E-state index in [9.17, 15) is 14.7 Å². The molecule has 2 bridgehead atoms. The van der Waals surface area contributed by atoms with Crippen LogP contribution in [-0.4, -0.2) is 28.8 Å². The van der Waals surface area contributed by atoms with E-state index >= 15 is 0 Å². The van der Waals surface area contributed by atoms with Crippen molar-refractivity contribution in [2.24, 2.45) is 17.8 Å². The van der Waals surface area contributed by atoms with E-state index in [-0.39, 0.29) is 12.0 Å². The fraction of sp³-hybridized carbons (Fsp3) is 0.846. The first-order chi connectivity index (χ1) is 8.28. The van der Waals surface area contributed by atoms with Gasteiger partial charge >= 0.3 is 12.1 Å². The van der Waals surface area contributed by atoms with Gasteiger partial charge in [-0.25, -0.2) is 4.79 Å². The first kappa shape index (κ1) is 13.2. The van der Waals surface area contributed by atoms with Gasteiger partial charge in [0.1, 0.15) is 5.60 Å². The van der Waals surface area contributed by atoms with E-state index in [1.54, 1.807) is 20.8 Å². The molecule has 0 saturated heterocycles. The van der Waals surface area contributed by atoms with Gasteiger partial charge in [-0.2, -0.15) is 0 Å². The third kappa shape index (κ3) is 2.60. The lowest BCUT2D eigenvalue weighted by Gasteiger charge is -2.30. The Morgan fingerprint density at radius 3 is 2.39 bits per heavy atom. The lowest BCUT2D eigenvalue weighted by molar-refractivity contribution is -0.144. The summed E-state index contributed by atoms with van der Waals surface area (Å²) in [6, 6.07) is -0.268. The number of alkyl carbamates (subject to hydrolysis) is 1. The molecule has 4 atom stereocenters. The van der Waals surface area contributed by atoms with Crippen molar-refractivity contribution in [1.29, 1.82) is 0 Å². The molecule has 2 N–H and O–H groups in total. The zero-order valence-corrected chi connectivity index (χ0v) is 11.1. The Hall–Kier alpha value is -1.26. The van der Waals surface area contributed by atoms with Crippen LogP contribution in [0.3, 0.4) is 0 Å². The number of rotatable bonds is 2. The van der Waals surface area contributed by atoms with Crippen LogP contribution in [0.1, 0.15) is 40.0 Å². The predicted octanol–water partition coefficient (Wildman–Crippen LogP) is 2.01. The largest absolute Gasteiger partial charge is 0.481 e. The van der Waals surface area contributed by atoms with Crippen LogP contribution in [0, 0.1) is 17.8 Å². The Kier molecular flexibility index (Phi) is 3.25. The Balaban J connectivity index is 2.00. The molecular formula is C13H21NO4. The quantitative estimate of drug-likeness (QED) is 0.791. The van der Waals surface area contributed by atoms with Gasteiger partial charge in [-0.3, -0.25) is 4.79 Å². The summed E-state index contributed by atoms with van der Waals surface area (Å²) in [6.45, 7) is 5.38. The Morgan fingerprint density at radius 1 is 1.22 bits per heavy atom. The normalized spacial score (nSPS) is 34.4. The number of aliphatic carboxylic acids is 1. The van der Waals surface area contributed by atoms with Gasteiger partial charge in [-0.05, 0) is 51.9 Å². The zero-order chi connectivity index (χ0) is 13.5. The van der Waals surface area contributed by atoms with Gasteiger partial charge in [0.15, 0.2) is 0 Å². The number of carbonyl (C=O) groups excluding carboxylic acids is 1. The maximum absolute atomic E-state index is 11.7. The van der Waals surface area contributed by atoms with Crippen LogP contribution < -0.4 is 5.32 Å². The van der Waals surface area contributed by atoms with Gasteiger partial charge in [0, 0.05) is 6.04 Å². The molecule has 2 fully saturated rings. The van der Waals surface area contributed by atoms with Crippen LogP contribution in [0.2, 0.25) is 0 Å². The highest BCUT2D eigenvalue weighted by molar-refractivity contribution is 5.75. The lowest BCUT2D eigenvalue weighted by Crippen LogP contribution is -2.48. The molecule has 0 aromatic carbocycles. The monoisotopic (exact) mass is 255 g/mol. The van der Waals surface area contributed by atoms with Crippen molar-refractivity contribution in [2.45, 2.75) is 51.7 Å². The van der Waals surface area contributed by atoms with Crippen LogP contribution in [0.4, 0.5) is 4.79 Å². The summed E-state index contributed by atoms with van der Waals surface area (Å²) in [5, 5.41) is 12.0. The highest BCUT2D eigenvalue weighted by atomic mass is 16.6. The van der Waals surface area contributed by atoms with Gasteiger partial charge in [0.2, 0.25) is 0 Å². The smallest absolute Gasteiger partial charge is 0.407 e. The fourth-order valence-corrected chi connectivity index (χ4v) is 3.30. The summed E-state index contributed by atoms with van der Waals surface area (Å²) >= 11 is 0. The fourth-order valence-electron chi connectivity index (χ4n) is 3.30. The number of ether oxygens (including phenoxy) is 1. The van der Waals surface area contributed by atoms with Gasteiger partial charge < -0.3 is 15.2 Å². The summed E-state index contributed by atoms with van der Waals surface area (Å²) in [6.07, 6.45) is 2.38. The van der Waals surface area contributed by atoms with Crippen molar-refractivity contribution in [1.82, 2.24) is 5.32 Å². The van der Waals surface area contributed by atoms with Crippen LogP contribution in [-0.2, 0) is 9.53 Å². The maximum atomic E-state index is 11.7. The molecule has 102 valence electrons. The number of amides is 1. The Morgan fingerprint density at radius 2 is 1.83 bits per heavy atom. The molecule has 5 nitrogen and oxygen atoms in total. The van der Waals surface area contributed by atoms with E-state index in [2.05, 4.69) is 5.32 Å². The Bertz CT molecular complexity index is 360. The molecule has 0 aromatic rings. The summed E-state index contributed by atoms with van der Waals surface area (Å²) in [7, 11) is 0. The minimum atomic E-state index is -0.803. The van der Waals surface area contributed by atoms with Gasteiger partial charge in [-0.1, -0.05) is 0 Å².